The maximum Gasteiger partial charge on any atom is 0.272 e. The van der Waals surface area contributed by atoms with E-state index in [1.165, 1.54) is 12.3 Å². The second-order valence-electron chi connectivity index (χ2n) is 3.30. The largest absolute Gasteiger partial charge is 0.389 e. The molecule has 0 radical (unpaired) electrons. The summed E-state index contributed by atoms with van der Waals surface area (Å²) in [5, 5.41) is 0. The number of rotatable bonds is 4. The lowest BCUT2D eigenvalue weighted by atomic mass is 10.5. The molecule has 0 fully saturated rings. The van der Waals surface area contributed by atoms with Gasteiger partial charge in [0, 0.05) is 6.20 Å². The summed E-state index contributed by atoms with van der Waals surface area (Å²) in [5.41, 5.74) is 5.44. The molecule has 0 saturated heterocycles. The van der Waals surface area contributed by atoms with Gasteiger partial charge in [0.15, 0.2) is 0 Å². The second-order valence-corrected chi connectivity index (χ2v) is 6.74. The molecule has 0 aliphatic heterocycles. The summed E-state index contributed by atoms with van der Waals surface area (Å²) < 4.78 is 26.5. The van der Waals surface area contributed by atoms with E-state index in [4.69, 9.17) is 18.0 Å². The fourth-order valence-corrected chi connectivity index (χ4v) is 3.57. The van der Waals surface area contributed by atoms with Crippen LogP contribution in [0.4, 0.5) is 5.82 Å². The summed E-state index contributed by atoms with van der Waals surface area (Å²) in [6, 6.07) is 8.01. The molecule has 3 N–H and O–H groups in total. The Morgan fingerprint density at radius 2 is 2.11 bits per heavy atom. The molecule has 0 amide bonds. The monoisotopic (exact) mass is 299 g/mol. The van der Waals surface area contributed by atoms with Crippen LogP contribution in [0.5, 0.6) is 0 Å². The summed E-state index contributed by atoms with van der Waals surface area (Å²) in [5.74, 6) is 0.266. The van der Waals surface area contributed by atoms with E-state index in [-0.39, 0.29) is 15.0 Å². The summed E-state index contributed by atoms with van der Waals surface area (Å²) in [6.45, 7) is 0. The second kappa shape index (κ2) is 5.01. The van der Waals surface area contributed by atoms with Crippen molar-refractivity contribution < 1.29 is 8.42 Å². The number of sulfonamides is 1. The number of hydrogen-bond donors (Lipinski definition) is 2. The standard InChI is InChI=1S/C10H9N3O2S3/c11-10(16)7-4-5-9(17-7)18(14,15)13-8-3-1-2-6-12-8/h1-6H,(H2,11,16)(H,12,13). The summed E-state index contributed by atoms with van der Waals surface area (Å²) in [7, 11) is -3.64. The molecule has 0 bridgehead atoms. The van der Waals surface area contributed by atoms with Crippen molar-refractivity contribution >= 4 is 44.4 Å². The molecule has 8 heteroatoms. The lowest BCUT2D eigenvalue weighted by molar-refractivity contribution is 0.603. The molecule has 2 heterocycles. The van der Waals surface area contributed by atoms with Gasteiger partial charge in [-0.25, -0.2) is 13.4 Å². The van der Waals surface area contributed by atoms with E-state index in [1.807, 2.05) is 0 Å². The topological polar surface area (TPSA) is 85.1 Å². The molecule has 0 saturated carbocycles. The minimum absolute atomic E-state index is 0.149. The lowest BCUT2D eigenvalue weighted by Gasteiger charge is -2.04. The summed E-state index contributed by atoms with van der Waals surface area (Å²) >= 11 is 5.81. The van der Waals surface area contributed by atoms with Crippen LogP contribution in [0.3, 0.4) is 0 Å². The molecule has 2 aromatic heterocycles. The van der Waals surface area contributed by atoms with Crippen molar-refractivity contribution in [1.82, 2.24) is 4.98 Å². The van der Waals surface area contributed by atoms with Crippen molar-refractivity contribution in [2.75, 3.05) is 4.72 Å². The first-order valence-electron chi connectivity index (χ1n) is 4.82. The minimum Gasteiger partial charge on any atom is -0.389 e. The van der Waals surface area contributed by atoms with Gasteiger partial charge in [-0.15, -0.1) is 11.3 Å². The highest BCUT2D eigenvalue weighted by molar-refractivity contribution is 7.94. The van der Waals surface area contributed by atoms with E-state index in [2.05, 4.69) is 9.71 Å². The van der Waals surface area contributed by atoms with Crippen LogP contribution in [-0.4, -0.2) is 18.4 Å². The van der Waals surface area contributed by atoms with E-state index < -0.39 is 10.0 Å². The van der Waals surface area contributed by atoms with E-state index in [9.17, 15) is 8.42 Å². The van der Waals surface area contributed by atoms with Gasteiger partial charge < -0.3 is 5.73 Å². The Kier molecular flexibility index (Phi) is 3.60. The quantitative estimate of drug-likeness (QED) is 0.837. The zero-order valence-corrected chi connectivity index (χ0v) is 11.5. The third-order valence-corrected chi connectivity index (χ3v) is 5.31. The first kappa shape index (κ1) is 12.9. The fourth-order valence-electron chi connectivity index (χ4n) is 1.21. The number of hydrogen-bond acceptors (Lipinski definition) is 5. The molecular weight excluding hydrogens is 290 g/mol. The van der Waals surface area contributed by atoms with Crippen LogP contribution in [0, 0.1) is 0 Å². The van der Waals surface area contributed by atoms with Crippen LogP contribution in [0.15, 0.2) is 40.7 Å². The molecule has 2 aromatic rings. The van der Waals surface area contributed by atoms with Crippen molar-refractivity contribution in [3.8, 4) is 0 Å². The average Bonchev–Trinajstić information content (AvgIpc) is 2.79. The molecule has 0 unspecified atom stereocenters. The predicted octanol–water partition coefficient (Wildman–Crippen LogP) is 1.58. The van der Waals surface area contributed by atoms with Crippen molar-refractivity contribution in [1.29, 1.82) is 0 Å². The molecule has 2 rings (SSSR count). The Labute approximate surface area is 114 Å². The number of thiophene rings is 1. The van der Waals surface area contributed by atoms with Crippen LogP contribution in [0.25, 0.3) is 0 Å². The van der Waals surface area contributed by atoms with Crippen LogP contribution in [0.1, 0.15) is 4.88 Å². The van der Waals surface area contributed by atoms with Gasteiger partial charge in [0.25, 0.3) is 10.0 Å². The van der Waals surface area contributed by atoms with E-state index >= 15 is 0 Å². The number of nitrogens with two attached hydrogens (primary N) is 1. The van der Waals surface area contributed by atoms with Gasteiger partial charge in [0.2, 0.25) is 0 Å². The normalized spacial score (nSPS) is 11.1. The number of thiocarbonyl (C=S) groups is 1. The number of aromatic nitrogens is 1. The molecule has 0 aliphatic carbocycles. The first-order valence-corrected chi connectivity index (χ1v) is 7.53. The Balaban J connectivity index is 2.28. The molecule has 18 heavy (non-hydrogen) atoms. The van der Waals surface area contributed by atoms with Gasteiger partial charge in [-0.05, 0) is 24.3 Å². The number of pyridine rings is 1. The smallest absolute Gasteiger partial charge is 0.272 e. The van der Waals surface area contributed by atoms with Gasteiger partial charge in [-0.3, -0.25) is 4.72 Å². The molecular formula is C10H9N3O2S3. The van der Waals surface area contributed by atoms with Gasteiger partial charge in [-0.2, -0.15) is 0 Å². The summed E-state index contributed by atoms with van der Waals surface area (Å²) in [4.78, 5) is 4.64. The van der Waals surface area contributed by atoms with Crippen LogP contribution in [-0.2, 0) is 10.0 Å². The van der Waals surface area contributed by atoms with Crippen LogP contribution < -0.4 is 10.5 Å². The maximum atomic E-state index is 12.0. The Morgan fingerprint density at radius 3 is 2.67 bits per heavy atom. The molecule has 0 spiro atoms. The average molecular weight is 299 g/mol. The number of nitrogens with one attached hydrogen (secondary N) is 1. The van der Waals surface area contributed by atoms with Crippen molar-refractivity contribution in [2.45, 2.75) is 4.21 Å². The van der Waals surface area contributed by atoms with Crippen molar-refractivity contribution in [3.05, 3.63) is 41.4 Å². The third kappa shape index (κ3) is 2.84. The number of anilines is 1. The first-order chi connectivity index (χ1) is 8.49. The zero-order chi connectivity index (χ0) is 13.2. The van der Waals surface area contributed by atoms with E-state index in [1.54, 1.807) is 24.3 Å². The molecule has 0 aliphatic rings. The van der Waals surface area contributed by atoms with E-state index in [0.717, 1.165) is 11.3 Å². The Morgan fingerprint density at radius 1 is 1.33 bits per heavy atom. The Hall–Kier alpha value is -1.51. The predicted molar refractivity (Wildman–Crippen MR) is 75.3 cm³/mol. The highest BCUT2D eigenvalue weighted by Crippen LogP contribution is 2.23. The van der Waals surface area contributed by atoms with Gasteiger partial charge in [-0.1, -0.05) is 18.3 Å². The van der Waals surface area contributed by atoms with Crippen molar-refractivity contribution in [2.24, 2.45) is 5.73 Å². The molecule has 0 aromatic carbocycles. The fraction of sp³-hybridized carbons (Fsp3) is 0. The lowest BCUT2D eigenvalue weighted by Crippen LogP contribution is -2.12. The van der Waals surface area contributed by atoms with Crippen LogP contribution >= 0.6 is 23.6 Å². The molecule has 5 nitrogen and oxygen atoms in total. The third-order valence-electron chi connectivity index (χ3n) is 1.99. The zero-order valence-electron chi connectivity index (χ0n) is 9.03. The minimum atomic E-state index is -3.64. The van der Waals surface area contributed by atoms with Crippen molar-refractivity contribution in [3.63, 3.8) is 0 Å². The SMILES string of the molecule is NC(=S)c1ccc(S(=O)(=O)Nc2ccccn2)s1. The highest BCUT2D eigenvalue weighted by atomic mass is 32.2. The number of nitrogens with zero attached hydrogens (tertiary/aromatic N) is 1. The van der Waals surface area contributed by atoms with E-state index in [0.29, 0.717) is 4.88 Å². The molecule has 94 valence electrons. The van der Waals surface area contributed by atoms with Gasteiger partial charge >= 0.3 is 0 Å². The highest BCUT2D eigenvalue weighted by Gasteiger charge is 2.17. The summed E-state index contributed by atoms with van der Waals surface area (Å²) in [6.07, 6.45) is 1.51. The maximum absolute atomic E-state index is 12.0. The Bertz CT molecular complexity index is 665. The van der Waals surface area contributed by atoms with Gasteiger partial charge in [0.1, 0.15) is 15.0 Å². The van der Waals surface area contributed by atoms with Gasteiger partial charge in [0.05, 0.1) is 4.88 Å². The van der Waals surface area contributed by atoms with Crippen LogP contribution in [0.2, 0.25) is 0 Å². The molecule has 0 atom stereocenters.